The van der Waals surface area contributed by atoms with Gasteiger partial charge < -0.3 is 10.6 Å². The van der Waals surface area contributed by atoms with E-state index in [1.165, 1.54) is 24.3 Å². The van der Waals surface area contributed by atoms with Crippen molar-refractivity contribution in [2.45, 2.75) is 0 Å². The number of aromatic nitrogens is 2. The molecule has 0 unspecified atom stereocenters. The minimum absolute atomic E-state index is 0.00278. The zero-order valence-corrected chi connectivity index (χ0v) is 10.7. The lowest BCUT2D eigenvalue weighted by Crippen LogP contribution is -2.15. The minimum Gasteiger partial charge on any atom is -0.372 e. The SMILES string of the molecule is CNc1ccc(C(=O)Nc2cccc(Cl)c2F)nn1. The van der Waals surface area contributed by atoms with E-state index < -0.39 is 11.7 Å². The van der Waals surface area contributed by atoms with Gasteiger partial charge in [0.15, 0.2) is 11.5 Å². The van der Waals surface area contributed by atoms with Gasteiger partial charge in [-0.2, -0.15) is 0 Å². The zero-order valence-electron chi connectivity index (χ0n) is 9.95. The Hall–Kier alpha value is -2.21. The van der Waals surface area contributed by atoms with Crippen molar-refractivity contribution in [1.82, 2.24) is 10.2 Å². The topological polar surface area (TPSA) is 66.9 Å². The molecule has 0 bridgehead atoms. The van der Waals surface area contributed by atoms with Crippen LogP contribution in [0.15, 0.2) is 30.3 Å². The number of carbonyl (C=O) groups is 1. The molecule has 0 aliphatic rings. The van der Waals surface area contributed by atoms with E-state index in [1.807, 2.05) is 0 Å². The molecule has 0 saturated carbocycles. The van der Waals surface area contributed by atoms with E-state index >= 15 is 0 Å². The molecule has 2 aromatic rings. The van der Waals surface area contributed by atoms with E-state index in [0.717, 1.165) is 0 Å². The van der Waals surface area contributed by atoms with Gasteiger partial charge in [-0.3, -0.25) is 4.79 Å². The number of hydrogen-bond donors (Lipinski definition) is 2. The Kier molecular flexibility index (Phi) is 3.91. The summed E-state index contributed by atoms with van der Waals surface area (Å²) in [6.07, 6.45) is 0. The van der Waals surface area contributed by atoms with Gasteiger partial charge in [-0.05, 0) is 24.3 Å². The van der Waals surface area contributed by atoms with Crippen molar-refractivity contribution in [3.05, 3.63) is 46.9 Å². The highest BCUT2D eigenvalue weighted by atomic mass is 35.5. The average molecular weight is 281 g/mol. The van der Waals surface area contributed by atoms with Crippen molar-refractivity contribution < 1.29 is 9.18 Å². The van der Waals surface area contributed by atoms with Gasteiger partial charge >= 0.3 is 0 Å². The second-order valence-electron chi connectivity index (χ2n) is 3.61. The molecule has 5 nitrogen and oxygen atoms in total. The molecule has 2 N–H and O–H groups in total. The summed E-state index contributed by atoms with van der Waals surface area (Å²) in [6, 6.07) is 7.42. The Morgan fingerprint density at radius 2 is 2.05 bits per heavy atom. The standard InChI is InChI=1S/C12H10ClFN4O/c1-15-10-6-5-9(17-18-10)12(19)16-8-4-2-3-7(13)11(8)14/h2-6H,1H3,(H,15,18)(H,16,19). The summed E-state index contributed by atoms with van der Waals surface area (Å²) in [5.74, 6) is -0.709. The number of rotatable bonds is 3. The fourth-order valence-corrected chi connectivity index (χ4v) is 1.55. The van der Waals surface area contributed by atoms with E-state index in [9.17, 15) is 9.18 Å². The van der Waals surface area contributed by atoms with Crippen LogP contribution in [0.25, 0.3) is 0 Å². The molecule has 0 atom stereocenters. The third-order valence-electron chi connectivity index (χ3n) is 2.35. The smallest absolute Gasteiger partial charge is 0.276 e. The van der Waals surface area contributed by atoms with Crippen LogP contribution < -0.4 is 10.6 Å². The Bertz CT molecular complexity index is 603. The van der Waals surface area contributed by atoms with Gasteiger partial charge in [0.1, 0.15) is 5.82 Å². The van der Waals surface area contributed by atoms with Crippen LogP contribution >= 0.6 is 11.6 Å². The zero-order chi connectivity index (χ0) is 13.8. The molecule has 0 aliphatic heterocycles. The lowest BCUT2D eigenvalue weighted by Gasteiger charge is -2.06. The molecule has 7 heteroatoms. The van der Waals surface area contributed by atoms with Gasteiger partial charge in [-0.1, -0.05) is 17.7 Å². The molecule has 98 valence electrons. The summed E-state index contributed by atoms with van der Waals surface area (Å²) in [4.78, 5) is 11.8. The van der Waals surface area contributed by atoms with Crippen molar-refractivity contribution in [1.29, 1.82) is 0 Å². The van der Waals surface area contributed by atoms with Crippen LogP contribution in [-0.2, 0) is 0 Å². The number of benzene rings is 1. The van der Waals surface area contributed by atoms with Crippen molar-refractivity contribution >= 4 is 29.0 Å². The normalized spacial score (nSPS) is 10.1. The number of halogens is 2. The van der Waals surface area contributed by atoms with Crippen LogP contribution in [0.3, 0.4) is 0 Å². The molecular formula is C12H10ClFN4O. The summed E-state index contributed by atoms with van der Waals surface area (Å²) < 4.78 is 13.6. The fourth-order valence-electron chi connectivity index (χ4n) is 1.37. The first-order chi connectivity index (χ1) is 9.11. The summed E-state index contributed by atoms with van der Waals surface area (Å²) in [5.41, 5.74) is 0.0790. The summed E-state index contributed by atoms with van der Waals surface area (Å²) in [7, 11) is 1.69. The van der Waals surface area contributed by atoms with Gasteiger partial charge in [0.25, 0.3) is 5.91 Å². The Labute approximate surface area is 113 Å². The van der Waals surface area contributed by atoms with Crippen molar-refractivity contribution in [3.8, 4) is 0 Å². The minimum atomic E-state index is -0.683. The van der Waals surface area contributed by atoms with Crippen LogP contribution in [0.1, 0.15) is 10.5 Å². The van der Waals surface area contributed by atoms with Gasteiger partial charge in [-0.25, -0.2) is 4.39 Å². The number of amides is 1. The van der Waals surface area contributed by atoms with E-state index in [0.29, 0.717) is 5.82 Å². The van der Waals surface area contributed by atoms with Crippen LogP contribution in [-0.4, -0.2) is 23.2 Å². The second kappa shape index (κ2) is 5.62. The number of carbonyl (C=O) groups excluding carboxylic acids is 1. The lowest BCUT2D eigenvalue weighted by atomic mass is 10.3. The lowest BCUT2D eigenvalue weighted by molar-refractivity contribution is 0.102. The average Bonchev–Trinajstić information content (AvgIpc) is 2.44. The molecule has 1 aromatic heterocycles. The molecule has 1 heterocycles. The highest BCUT2D eigenvalue weighted by Gasteiger charge is 2.12. The van der Waals surface area contributed by atoms with E-state index in [-0.39, 0.29) is 16.4 Å². The molecular weight excluding hydrogens is 271 g/mol. The molecule has 19 heavy (non-hydrogen) atoms. The predicted molar refractivity (Wildman–Crippen MR) is 70.9 cm³/mol. The number of nitrogens with zero attached hydrogens (tertiary/aromatic N) is 2. The van der Waals surface area contributed by atoms with Gasteiger partial charge in [0, 0.05) is 7.05 Å². The Morgan fingerprint density at radius 1 is 1.26 bits per heavy atom. The Morgan fingerprint density at radius 3 is 2.68 bits per heavy atom. The molecule has 0 radical (unpaired) electrons. The third kappa shape index (κ3) is 2.97. The number of hydrogen-bond acceptors (Lipinski definition) is 4. The monoisotopic (exact) mass is 280 g/mol. The van der Waals surface area contributed by atoms with Crippen LogP contribution in [0.5, 0.6) is 0 Å². The van der Waals surface area contributed by atoms with Crippen molar-refractivity contribution in [2.75, 3.05) is 17.7 Å². The molecule has 1 aromatic carbocycles. The number of anilines is 2. The summed E-state index contributed by atoms with van der Waals surface area (Å²) in [6.45, 7) is 0. The van der Waals surface area contributed by atoms with Crippen LogP contribution in [0.4, 0.5) is 15.9 Å². The molecule has 1 amide bonds. The van der Waals surface area contributed by atoms with E-state index in [2.05, 4.69) is 20.8 Å². The molecule has 2 rings (SSSR count). The summed E-state index contributed by atoms with van der Waals surface area (Å²) >= 11 is 5.62. The van der Waals surface area contributed by atoms with Crippen LogP contribution in [0, 0.1) is 5.82 Å². The maximum atomic E-state index is 13.6. The fraction of sp³-hybridized carbons (Fsp3) is 0.0833. The third-order valence-corrected chi connectivity index (χ3v) is 2.65. The summed E-state index contributed by atoms with van der Waals surface area (Å²) in [5, 5.41) is 12.6. The first-order valence-electron chi connectivity index (χ1n) is 5.38. The molecule has 0 saturated heterocycles. The van der Waals surface area contributed by atoms with Crippen LogP contribution in [0.2, 0.25) is 5.02 Å². The maximum Gasteiger partial charge on any atom is 0.276 e. The first kappa shape index (κ1) is 13.2. The van der Waals surface area contributed by atoms with Crippen molar-refractivity contribution in [3.63, 3.8) is 0 Å². The highest BCUT2D eigenvalue weighted by Crippen LogP contribution is 2.22. The molecule has 0 fully saturated rings. The number of nitrogens with one attached hydrogen (secondary N) is 2. The largest absolute Gasteiger partial charge is 0.372 e. The second-order valence-corrected chi connectivity index (χ2v) is 4.02. The quantitative estimate of drug-likeness (QED) is 0.907. The Balaban J connectivity index is 2.18. The first-order valence-corrected chi connectivity index (χ1v) is 5.76. The molecule has 0 aliphatic carbocycles. The van der Waals surface area contributed by atoms with Gasteiger partial charge in [0.05, 0.1) is 10.7 Å². The van der Waals surface area contributed by atoms with Gasteiger partial charge in [0.2, 0.25) is 0 Å². The predicted octanol–water partition coefficient (Wildman–Crippen LogP) is 2.56. The van der Waals surface area contributed by atoms with E-state index in [4.69, 9.17) is 11.6 Å². The van der Waals surface area contributed by atoms with Crippen molar-refractivity contribution in [2.24, 2.45) is 0 Å². The highest BCUT2D eigenvalue weighted by molar-refractivity contribution is 6.31. The maximum absolute atomic E-state index is 13.6. The molecule has 0 spiro atoms. The van der Waals surface area contributed by atoms with E-state index in [1.54, 1.807) is 13.1 Å². The van der Waals surface area contributed by atoms with Gasteiger partial charge in [-0.15, -0.1) is 10.2 Å².